The summed E-state index contributed by atoms with van der Waals surface area (Å²) in [6, 6.07) is 18.7. The Hall–Kier alpha value is -2.53. The number of benzene rings is 3. The highest BCUT2D eigenvalue weighted by atomic mass is 32.2. The van der Waals surface area contributed by atoms with E-state index in [1.807, 2.05) is 67.5 Å². The first kappa shape index (κ1) is 19.2. The van der Waals surface area contributed by atoms with Gasteiger partial charge < -0.3 is 4.90 Å². The van der Waals surface area contributed by atoms with Gasteiger partial charge in [0.2, 0.25) is 0 Å². The second-order valence-corrected chi connectivity index (χ2v) is 9.57. The predicted octanol–water partition coefficient (Wildman–Crippen LogP) is 5.00. The lowest BCUT2D eigenvalue weighted by Gasteiger charge is -2.23. The molecule has 3 aromatic rings. The lowest BCUT2D eigenvalue weighted by atomic mass is 9.86. The summed E-state index contributed by atoms with van der Waals surface area (Å²) in [5, 5.41) is 1.62. The molecular weight excluding hydrogens is 356 g/mol. The van der Waals surface area contributed by atoms with Crippen LogP contribution in [0, 0.1) is 0 Å². The predicted molar refractivity (Wildman–Crippen MR) is 114 cm³/mol. The van der Waals surface area contributed by atoms with Crippen molar-refractivity contribution >= 4 is 32.2 Å². The first-order valence-corrected chi connectivity index (χ1v) is 10.4. The minimum absolute atomic E-state index is 0.171. The van der Waals surface area contributed by atoms with Crippen LogP contribution in [0.1, 0.15) is 26.3 Å². The van der Waals surface area contributed by atoms with Crippen molar-refractivity contribution in [2.45, 2.75) is 31.1 Å². The molecule has 0 aliphatic rings. The van der Waals surface area contributed by atoms with Gasteiger partial charge in [0.05, 0.1) is 10.6 Å². The summed E-state index contributed by atoms with van der Waals surface area (Å²) in [4.78, 5) is 2.27. The van der Waals surface area contributed by atoms with E-state index >= 15 is 0 Å². The van der Waals surface area contributed by atoms with E-state index in [4.69, 9.17) is 0 Å². The zero-order valence-electron chi connectivity index (χ0n) is 16.4. The molecule has 0 radical (unpaired) electrons. The average Bonchev–Trinajstić information content (AvgIpc) is 2.59. The van der Waals surface area contributed by atoms with E-state index < -0.39 is 10.0 Å². The van der Waals surface area contributed by atoms with Gasteiger partial charge in [-0.1, -0.05) is 63.2 Å². The van der Waals surface area contributed by atoms with E-state index in [0.717, 1.165) is 16.6 Å². The third kappa shape index (κ3) is 3.78. The minimum atomic E-state index is -3.73. The van der Waals surface area contributed by atoms with E-state index in [0.29, 0.717) is 11.1 Å². The molecule has 0 amide bonds. The van der Waals surface area contributed by atoms with Crippen LogP contribution >= 0.6 is 0 Å². The van der Waals surface area contributed by atoms with Gasteiger partial charge in [0.25, 0.3) is 10.0 Å². The number of hydrogen-bond donors (Lipinski definition) is 1. The van der Waals surface area contributed by atoms with Crippen molar-refractivity contribution in [1.82, 2.24) is 0 Å². The summed E-state index contributed by atoms with van der Waals surface area (Å²) in [5.41, 5.74) is 2.39. The molecule has 142 valence electrons. The average molecular weight is 383 g/mol. The van der Waals surface area contributed by atoms with E-state index in [2.05, 4.69) is 25.5 Å². The number of fused-ring (bicyclic) bond motifs is 1. The monoisotopic (exact) mass is 382 g/mol. The Labute approximate surface area is 161 Å². The van der Waals surface area contributed by atoms with Crippen molar-refractivity contribution in [3.8, 4) is 0 Å². The topological polar surface area (TPSA) is 49.4 Å². The molecule has 0 saturated heterocycles. The largest absolute Gasteiger partial charge is 0.377 e. The third-order valence-corrected chi connectivity index (χ3v) is 6.03. The third-order valence-electron chi connectivity index (χ3n) is 4.61. The fourth-order valence-corrected chi connectivity index (χ4v) is 4.62. The summed E-state index contributed by atoms with van der Waals surface area (Å²) in [7, 11) is 0.171. The molecule has 5 heteroatoms. The molecule has 0 aliphatic carbocycles. The van der Waals surface area contributed by atoms with Crippen LogP contribution in [0.4, 0.5) is 11.4 Å². The van der Waals surface area contributed by atoms with E-state index in [1.54, 1.807) is 12.1 Å². The number of nitrogens with one attached hydrogen (secondary N) is 1. The van der Waals surface area contributed by atoms with Gasteiger partial charge >= 0.3 is 0 Å². The molecule has 0 bridgehead atoms. The second kappa shape index (κ2) is 6.89. The van der Waals surface area contributed by atoms with Crippen LogP contribution in [-0.2, 0) is 15.4 Å². The van der Waals surface area contributed by atoms with Crippen molar-refractivity contribution in [1.29, 1.82) is 0 Å². The van der Waals surface area contributed by atoms with E-state index in [9.17, 15) is 8.42 Å². The highest BCUT2D eigenvalue weighted by Crippen LogP contribution is 2.33. The number of para-hydroxylation sites is 1. The minimum Gasteiger partial charge on any atom is -0.377 e. The lowest BCUT2D eigenvalue weighted by Crippen LogP contribution is -2.19. The SMILES string of the molecule is CN(C)c1cccc2c(S(=O)(=O)Nc3ccccc3C(C)(C)C)cccc12. The molecular formula is C22H26N2O2S. The number of rotatable bonds is 4. The van der Waals surface area contributed by atoms with Gasteiger partial charge in [0.15, 0.2) is 0 Å². The molecule has 3 rings (SSSR count). The maximum atomic E-state index is 13.3. The molecule has 27 heavy (non-hydrogen) atoms. The van der Waals surface area contributed by atoms with Crippen LogP contribution in [0.2, 0.25) is 0 Å². The number of anilines is 2. The van der Waals surface area contributed by atoms with Crippen molar-refractivity contribution in [3.63, 3.8) is 0 Å². The molecule has 0 saturated carbocycles. The number of hydrogen-bond acceptors (Lipinski definition) is 3. The summed E-state index contributed by atoms with van der Waals surface area (Å²) in [6.07, 6.45) is 0. The summed E-state index contributed by atoms with van der Waals surface area (Å²) in [6.45, 7) is 6.21. The normalized spacial score (nSPS) is 12.2. The van der Waals surface area contributed by atoms with E-state index in [1.165, 1.54) is 0 Å². The number of nitrogens with zero attached hydrogens (tertiary/aromatic N) is 1. The Balaban J connectivity index is 2.14. The Bertz CT molecular complexity index is 1080. The summed E-state index contributed by atoms with van der Waals surface area (Å²) >= 11 is 0. The lowest BCUT2D eigenvalue weighted by molar-refractivity contribution is 0.590. The Kier molecular flexibility index (Phi) is 4.91. The van der Waals surface area contributed by atoms with Gasteiger partial charge in [-0.15, -0.1) is 0 Å². The molecule has 1 N–H and O–H groups in total. The molecule has 0 unspecified atom stereocenters. The fraction of sp³-hybridized carbons (Fsp3) is 0.273. The molecule has 4 nitrogen and oxygen atoms in total. The van der Waals surface area contributed by atoms with Gasteiger partial charge in [0, 0.05) is 30.6 Å². The van der Waals surface area contributed by atoms with Gasteiger partial charge in [-0.25, -0.2) is 8.42 Å². The van der Waals surface area contributed by atoms with Crippen LogP contribution in [0.3, 0.4) is 0 Å². The van der Waals surface area contributed by atoms with Crippen molar-refractivity contribution in [3.05, 3.63) is 66.2 Å². The maximum Gasteiger partial charge on any atom is 0.262 e. The van der Waals surface area contributed by atoms with Gasteiger partial charge in [-0.05, 0) is 29.2 Å². The molecule has 0 aliphatic heterocycles. The Morgan fingerprint density at radius 2 is 1.44 bits per heavy atom. The summed E-state index contributed by atoms with van der Waals surface area (Å²) < 4.78 is 29.3. The van der Waals surface area contributed by atoms with Gasteiger partial charge in [0.1, 0.15) is 0 Å². The van der Waals surface area contributed by atoms with Crippen LogP contribution < -0.4 is 9.62 Å². The maximum absolute atomic E-state index is 13.3. The smallest absolute Gasteiger partial charge is 0.262 e. The molecule has 0 heterocycles. The van der Waals surface area contributed by atoms with Gasteiger partial charge in [-0.2, -0.15) is 0 Å². The fourth-order valence-electron chi connectivity index (χ4n) is 3.31. The van der Waals surface area contributed by atoms with Crippen molar-refractivity contribution in [2.75, 3.05) is 23.7 Å². The zero-order valence-corrected chi connectivity index (χ0v) is 17.3. The Morgan fingerprint density at radius 1 is 0.815 bits per heavy atom. The standard InChI is InChI=1S/C22H26N2O2S/c1-22(2,3)18-12-6-7-13-19(18)23-27(25,26)21-15-9-10-16-17(21)11-8-14-20(16)24(4)5/h6-15,23H,1-5H3. The van der Waals surface area contributed by atoms with Gasteiger partial charge in [-0.3, -0.25) is 4.72 Å². The highest BCUT2D eigenvalue weighted by Gasteiger charge is 2.23. The van der Waals surface area contributed by atoms with Crippen molar-refractivity contribution < 1.29 is 8.42 Å². The van der Waals surface area contributed by atoms with Crippen LogP contribution in [0.15, 0.2) is 65.6 Å². The Morgan fingerprint density at radius 3 is 2.11 bits per heavy atom. The highest BCUT2D eigenvalue weighted by molar-refractivity contribution is 7.93. The quantitative estimate of drug-likeness (QED) is 0.690. The number of sulfonamides is 1. The first-order chi connectivity index (χ1) is 12.6. The first-order valence-electron chi connectivity index (χ1n) is 8.92. The molecule has 0 aromatic heterocycles. The van der Waals surface area contributed by atoms with E-state index in [-0.39, 0.29) is 10.3 Å². The molecule has 0 atom stereocenters. The molecule has 3 aromatic carbocycles. The van der Waals surface area contributed by atoms with Crippen LogP contribution in [0.25, 0.3) is 10.8 Å². The zero-order chi connectivity index (χ0) is 19.8. The summed E-state index contributed by atoms with van der Waals surface area (Å²) in [5.74, 6) is 0. The second-order valence-electron chi connectivity index (χ2n) is 7.92. The van der Waals surface area contributed by atoms with Crippen LogP contribution in [-0.4, -0.2) is 22.5 Å². The van der Waals surface area contributed by atoms with Crippen LogP contribution in [0.5, 0.6) is 0 Å². The molecule has 0 fully saturated rings. The van der Waals surface area contributed by atoms with Crippen molar-refractivity contribution in [2.24, 2.45) is 0 Å². The molecule has 0 spiro atoms.